The number of carbonyl (C=O) groups is 3. The van der Waals surface area contributed by atoms with Crippen LogP contribution >= 0.6 is 0 Å². The summed E-state index contributed by atoms with van der Waals surface area (Å²) in [5, 5.41) is 15.9. The number of amides is 2. The molecule has 0 spiro atoms. The zero-order chi connectivity index (χ0) is 31.6. The maximum Gasteiger partial charge on any atom is 0.328 e. The van der Waals surface area contributed by atoms with Gasteiger partial charge in [0.2, 0.25) is 5.88 Å². The molecule has 232 valence electrons. The van der Waals surface area contributed by atoms with Crippen LogP contribution < -0.4 is 15.4 Å². The lowest BCUT2D eigenvalue weighted by Gasteiger charge is -2.29. The summed E-state index contributed by atoms with van der Waals surface area (Å²) in [6, 6.07) is 5.76. The van der Waals surface area contributed by atoms with E-state index in [1.807, 2.05) is 37.6 Å². The number of hydrogen-bond donors (Lipinski definition) is 3. The third kappa shape index (κ3) is 5.87. The van der Waals surface area contributed by atoms with E-state index in [0.29, 0.717) is 24.3 Å². The molecule has 0 aliphatic heterocycles. The Kier molecular flexibility index (Phi) is 8.29. The number of ether oxygens (including phenoxy) is 1. The van der Waals surface area contributed by atoms with Crippen molar-refractivity contribution in [1.29, 1.82) is 0 Å². The number of nitrogens with zero attached hydrogens (tertiary/aromatic N) is 5. The normalized spacial score (nSPS) is 16.3. The molecule has 4 aromatic rings. The van der Waals surface area contributed by atoms with Crippen LogP contribution in [0.3, 0.4) is 0 Å². The monoisotopic (exact) mass is 609 g/mol. The van der Waals surface area contributed by atoms with E-state index in [1.165, 1.54) is 44.1 Å². The minimum absolute atomic E-state index is 0.0593. The molecule has 12 heteroatoms. The number of benzene rings is 1. The number of aliphatic carboxylic acids is 1. The van der Waals surface area contributed by atoms with Gasteiger partial charge in [0, 0.05) is 47.5 Å². The van der Waals surface area contributed by atoms with Crippen LogP contribution in [0.5, 0.6) is 5.88 Å². The number of carboxylic acids is 1. The Morgan fingerprint density at radius 1 is 1.07 bits per heavy atom. The SMILES string of the molecule is COc1nc(NC(=O)C2(NC(=O)c3ccc4c(C5CCCC5)c(-c5cncnc5)n(C)c4c3)CCCC2)cnc1/C=C/C(=O)O. The van der Waals surface area contributed by atoms with Crippen LogP contribution in [0, 0.1) is 0 Å². The highest BCUT2D eigenvalue weighted by molar-refractivity contribution is 6.05. The molecule has 0 bridgehead atoms. The van der Waals surface area contributed by atoms with E-state index in [9.17, 15) is 14.4 Å². The second kappa shape index (κ2) is 12.5. The number of rotatable bonds is 9. The highest BCUT2D eigenvalue weighted by Gasteiger charge is 2.43. The van der Waals surface area contributed by atoms with Gasteiger partial charge in [0.15, 0.2) is 5.82 Å². The van der Waals surface area contributed by atoms with Crippen molar-refractivity contribution in [3.05, 3.63) is 66.0 Å². The first-order valence-electron chi connectivity index (χ1n) is 15.1. The number of fused-ring (bicyclic) bond motifs is 1. The first kappa shape index (κ1) is 29.9. The minimum atomic E-state index is -1.14. The molecule has 2 aliphatic carbocycles. The molecule has 2 amide bonds. The molecular weight excluding hydrogens is 574 g/mol. The van der Waals surface area contributed by atoms with Crippen molar-refractivity contribution in [3.8, 4) is 17.1 Å². The van der Waals surface area contributed by atoms with Crippen LogP contribution in [0.1, 0.15) is 78.9 Å². The third-order valence-electron chi connectivity index (χ3n) is 8.93. The summed E-state index contributed by atoms with van der Waals surface area (Å²) in [6.45, 7) is 0. The molecule has 3 heterocycles. The fourth-order valence-electron chi connectivity index (χ4n) is 6.77. The highest BCUT2D eigenvalue weighted by atomic mass is 16.5. The maximum absolute atomic E-state index is 13.8. The fraction of sp³-hybridized carbons (Fsp3) is 0.364. The third-order valence-corrected chi connectivity index (χ3v) is 8.93. The Morgan fingerprint density at radius 3 is 2.49 bits per heavy atom. The summed E-state index contributed by atoms with van der Waals surface area (Å²) in [7, 11) is 3.39. The van der Waals surface area contributed by atoms with E-state index in [0.717, 1.165) is 53.9 Å². The quantitative estimate of drug-likeness (QED) is 0.225. The molecule has 2 saturated carbocycles. The lowest BCUT2D eigenvalue weighted by molar-refractivity contribution is -0.131. The smallest absolute Gasteiger partial charge is 0.328 e. The van der Waals surface area contributed by atoms with E-state index < -0.39 is 17.4 Å². The van der Waals surface area contributed by atoms with Gasteiger partial charge >= 0.3 is 5.97 Å². The summed E-state index contributed by atoms with van der Waals surface area (Å²) in [5.41, 5.74) is 3.77. The van der Waals surface area contributed by atoms with Gasteiger partial charge in [0.05, 0.1) is 19.0 Å². The van der Waals surface area contributed by atoms with Crippen molar-refractivity contribution in [2.45, 2.75) is 62.8 Å². The Balaban J connectivity index is 1.28. The van der Waals surface area contributed by atoms with Gasteiger partial charge < -0.3 is 25.0 Å². The van der Waals surface area contributed by atoms with Crippen LogP contribution in [-0.4, -0.2) is 60.0 Å². The summed E-state index contributed by atoms with van der Waals surface area (Å²) in [4.78, 5) is 55.3. The van der Waals surface area contributed by atoms with Crippen molar-refractivity contribution < 1.29 is 24.2 Å². The Morgan fingerprint density at radius 2 is 1.80 bits per heavy atom. The largest absolute Gasteiger partial charge is 0.479 e. The van der Waals surface area contributed by atoms with Gasteiger partial charge in [-0.25, -0.2) is 19.7 Å². The lowest BCUT2D eigenvalue weighted by Crippen LogP contribution is -2.55. The van der Waals surface area contributed by atoms with E-state index in [2.05, 4.69) is 35.1 Å². The van der Waals surface area contributed by atoms with E-state index in [1.54, 1.807) is 0 Å². The van der Waals surface area contributed by atoms with Crippen LogP contribution in [0.15, 0.2) is 49.2 Å². The number of carboxylic acid groups (broad SMARTS) is 1. The fourth-order valence-corrected chi connectivity index (χ4v) is 6.77. The topological polar surface area (TPSA) is 161 Å². The zero-order valence-electron chi connectivity index (χ0n) is 25.2. The van der Waals surface area contributed by atoms with Gasteiger partial charge in [0.25, 0.3) is 11.8 Å². The van der Waals surface area contributed by atoms with Crippen molar-refractivity contribution in [3.63, 3.8) is 0 Å². The second-order valence-electron chi connectivity index (χ2n) is 11.7. The number of aromatic nitrogens is 5. The molecule has 3 N–H and O–H groups in total. The zero-order valence-corrected chi connectivity index (χ0v) is 25.2. The molecule has 2 fully saturated rings. The lowest BCUT2D eigenvalue weighted by atomic mass is 9.92. The average molecular weight is 610 g/mol. The summed E-state index contributed by atoms with van der Waals surface area (Å²) in [6.07, 6.45) is 15.8. The maximum atomic E-state index is 13.8. The molecule has 6 rings (SSSR count). The predicted molar refractivity (Wildman–Crippen MR) is 168 cm³/mol. The summed E-state index contributed by atoms with van der Waals surface area (Å²) < 4.78 is 7.36. The second-order valence-corrected chi connectivity index (χ2v) is 11.7. The van der Waals surface area contributed by atoms with Gasteiger partial charge in [-0.2, -0.15) is 4.98 Å². The predicted octanol–water partition coefficient (Wildman–Crippen LogP) is 4.87. The number of methoxy groups -OCH3 is 1. The van der Waals surface area contributed by atoms with Crippen molar-refractivity contribution >= 4 is 40.6 Å². The Bertz CT molecular complexity index is 1790. The number of carbonyl (C=O) groups excluding carboxylic acids is 2. The van der Waals surface area contributed by atoms with Crippen molar-refractivity contribution in [2.24, 2.45) is 7.05 Å². The molecule has 1 aromatic carbocycles. The molecule has 2 aliphatic rings. The number of aryl methyl sites for hydroxylation is 1. The van der Waals surface area contributed by atoms with Crippen LogP contribution in [0.4, 0.5) is 5.82 Å². The summed E-state index contributed by atoms with van der Waals surface area (Å²) >= 11 is 0. The van der Waals surface area contributed by atoms with E-state index >= 15 is 0 Å². The number of nitrogens with one attached hydrogen (secondary N) is 2. The minimum Gasteiger partial charge on any atom is -0.479 e. The van der Waals surface area contributed by atoms with Crippen LogP contribution in [0.25, 0.3) is 28.2 Å². The van der Waals surface area contributed by atoms with E-state index in [-0.39, 0.29) is 23.3 Å². The average Bonchev–Trinajstić information content (AvgIpc) is 3.81. The first-order valence-corrected chi connectivity index (χ1v) is 15.1. The summed E-state index contributed by atoms with van der Waals surface area (Å²) in [5.74, 6) is -1.25. The number of anilines is 1. The molecule has 3 aromatic heterocycles. The first-order chi connectivity index (χ1) is 21.8. The number of hydrogen-bond acceptors (Lipinski definition) is 8. The van der Waals surface area contributed by atoms with Gasteiger partial charge in [0.1, 0.15) is 17.6 Å². The molecule has 12 nitrogen and oxygen atoms in total. The molecule has 0 atom stereocenters. The standard InChI is InChI=1S/C33H35N7O5/c1-40-25-15-21(9-10-23(25)28(20-7-3-4-8-20)29(40)22-16-34-19-35-17-22)30(43)39-33(13-5-6-14-33)32(44)38-26-18-36-24(11-12-27(41)42)31(37-26)45-2/h9-12,15-20H,3-8,13-14H2,1-2H3,(H,39,43)(H,41,42)(H,37,38,44)/b12-11+. The van der Waals surface area contributed by atoms with Crippen molar-refractivity contribution in [2.75, 3.05) is 12.4 Å². The Hall–Kier alpha value is -5.13. The Labute approximate surface area is 260 Å². The highest BCUT2D eigenvalue weighted by Crippen LogP contribution is 2.44. The van der Waals surface area contributed by atoms with Gasteiger partial charge in [-0.15, -0.1) is 0 Å². The molecule has 0 radical (unpaired) electrons. The van der Waals surface area contributed by atoms with Gasteiger partial charge in [-0.05, 0) is 55.4 Å². The van der Waals surface area contributed by atoms with Crippen LogP contribution in [-0.2, 0) is 16.6 Å². The van der Waals surface area contributed by atoms with E-state index in [4.69, 9.17) is 9.84 Å². The molecule has 0 saturated heterocycles. The molecular formula is C33H35N7O5. The van der Waals surface area contributed by atoms with Crippen molar-refractivity contribution in [1.82, 2.24) is 29.8 Å². The van der Waals surface area contributed by atoms with Gasteiger partial charge in [-0.1, -0.05) is 31.7 Å². The van der Waals surface area contributed by atoms with Crippen LogP contribution in [0.2, 0.25) is 0 Å². The molecule has 0 unspecified atom stereocenters. The van der Waals surface area contributed by atoms with Gasteiger partial charge in [-0.3, -0.25) is 9.59 Å². The molecule has 45 heavy (non-hydrogen) atoms.